The highest BCUT2D eigenvalue weighted by atomic mass is 16.5. The number of hydrogen-bond acceptors (Lipinski definition) is 5. The molecule has 0 aromatic carbocycles. The molecule has 0 spiro atoms. The quantitative estimate of drug-likeness (QED) is 0.622. The van der Waals surface area contributed by atoms with E-state index >= 15 is 0 Å². The Labute approximate surface area is 100 Å². The molecule has 1 rings (SSSR count). The van der Waals surface area contributed by atoms with Gasteiger partial charge < -0.3 is 19.9 Å². The van der Waals surface area contributed by atoms with E-state index in [1.54, 1.807) is 7.11 Å². The molecule has 0 aromatic heterocycles. The summed E-state index contributed by atoms with van der Waals surface area (Å²) in [7, 11) is 2.78. The number of carbonyl (C=O) groups excluding carboxylic acids is 2. The van der Waals surface area contributed by atoms with Crippen LogP contribution in [-0.4, -0.2) is 49.5 Å². The molecule has 0 radical (unpaired) electrons. The van der Waals surface area contributed by atoms with E-state index in [2.05, 4.69) is 10.1 Å². The van der Waals surface area contributed by atoms with Gasteiger partial charge >= 0.3 is 5.97 Å². The van der Waals surface area contributed by atoms with Gasteiger partial charge in [0.05, 0.1) is 25.7 Å². The van der Waals surface area contributed by atoms with Crippen molar-refractivity contribution in [1.29, 1.82) is 0 Å². The summed E-state index contributed by atoms with van der Waals surface area (Å²) in [5.74, 6) is -0.982. The van der Waals surface area contributed by atoms with Gasteiger partial charge in [-0.3, -0.25) is 4.79 Å². The molecule has 0 aliphatic heterocycles. The Kier molecular flexibility index (Phi) is 4.89. The van der Waals surface area contributed by atoms with Crippen LogP contribution in [0.15, 0.2) is 0 Å². The summed E-state index contributed by atoms with van der Waals surface area (Å²) >= 11 is 0. The van der Waals surface area contributed by atoms with Gasteiger partial charge in [-0.15, -0.1) is 0 Å². The van der Waals surface area contributed by atoms with Crippen molar-refractivity contribution in [3.63, 3.8) is 0 Å². The minimum Gasteiger partial charge on any atom is -0.467 e. The molecule has 1 amide bonds. The van der Waals surface area contributed by atoms with E-state index in [1.165, 1.54) is 7.11 Å². The number of esters is 1. The second kappa shape index (κ2) is 5.97. The van der Waals surface area contributed by atoms with Crippen molar-refractivity contribution < 1.29 is 24.2 Å². The van der Waals surface area contributed by atoms with Crippen molar-refractivity contribution in [2.45, 2.75) is 37.4 Å². The number of aliphatic hydroxyl groups is 1. The number of ether oxygens (including phenoxy) is 2. The first-order chi connectivity index (χ1) is 8.03. The molecule has 1 unspecified atom stereocenters. The second-order valence-electron chi connectivity index (χ2n) is 4.26. The van der Waals surface area contributed by atoms with Crippen LogP contribution in [0.1, 0.15) is 25.7 Å². The van der Waals surface area contributed by atoms with Gasteiger partial charge in [-0.2, -0.15) is 0 Å². The van der Waals surface area contributed by atoms with E-state index in [0.717, 1.165) is 19.3 Å². The fourth-order valence-corrected chi connectivity index (χ4v) is 1.81. The molecule has 1 aliphatic carbocycles. The second-order valence-corrected chi connectivity index (χ2v) is 4.26. The van der Waals surface area contributed by atoms with Gasteiger partial charge in [-0.25, -0.2) is 4.79 Å². The maximum absolute atomic E-state index is 11.6. The average Bonchev–Trinajstić information content (AvgIpc) is 2.29. The molecular formula is C11H19NO5. The molecule has 0 bridgehead atoms. The van der Waals surface area contributed by atoms with Gasteiger partial charge in [0.2, 0.25) is 5.91 Å². The summed E-state index contributed by atoms with van der Waals surface area (Å²) in [6, 6.07) is 0. The summed E-state index contributed by atoms with van der Waals surface area (Å²) < 4.78 is 9.64. The summed E-state index contributed by atoms with van der Waals surface area (Å²) in [6.07, 6.45) is 1.75. The first kappa shape index (κ1) is 13.9. The maximum atomic E-state index is 11.6. The Balaban J connectivity index is 2.28. The van der Waals surface area contributed by atoms with Gasteiger partial charge in [0, 0.05) is 7.11 Å². The number of aliphatic hydroxyl groups excluding tert-OH is 1. The zero-order chi connectivity index (χ0) is 12.9. The van der Waals surface area contributed by atoms with Crippen molar-refractivity contribution in [1.82, 2.24) is 5.32 Å². The normalized spacial score (nSPS) is 19.0. The third-order valence-electron chi connectivity index (χ3n) is 3.15. The minimum atomic E-state index is -1.32. The predicted molar refractivity (Wildman–Crippen MR) is 59.2 cm³/mol. The lowest BCUT2D eigenvalue weighted by Gasteiger charge is -2.39. The van der Waals surface area contributed by atoms with E-state index < -0.39 is 12.1 Å². The highest BCUT2D eigenvalue weighted by Gasteiger charge is 2.39. The molecule has 0 aromatic rings. The zero-order valence-electron chi connectivity index (χ0n) is 10.2. The van der Waals surface area contributed by atoms with Crippen molar-refractivity contribution >= 4 is 11.9 Å². The number of rotatable bonds is 6. The number of hydrogen-bond donors (Lipinski definition) is 2. The molecule has 17 heavy (non-hydrogen) atoms. The van der Waals surface area contributed by atoms with Crippen LogP contribution in [0, 0.1) is 0 Å². The zero-order valence-corrected chi connectivity index (χ0v) is 10.2. The summed E-state index contributed by atoms with van der Waals surface area (Å²) in [6.45, 7) is -0.134. The fourth-order valence-electron chi connectivity index (χ4n) is 1.81. The van der Waals surface area contributed by atoms with Crippen LogP contribution in [0.2, 0.25) is 0 Å². The Morgan fingerprint density at radius 3 is 2.47 bits per heavy atom. The van der Waals surface area contributed by atoms with Gasteiger partial charge in [0.25, 0.3) is 0 Å². The van der Waals surface area contributed by atoms with E-state index in [-0.39, 0.29) is 24.5 Å². The number of amides is 1. The monoisotopic (exact) mass is 245 g/mol. The van der Waals surface area contributed by atoms with E-state index in [1.807, 2.05) is 0 Å². The standard InChI is InChI=1S/C11H19NO5/c1-16-10(15)8(13)7-12-9(14)6-11(17-2)4-3-5-11/h8,13H,3-7H2,1-2H3,(H,12,14). The van der Waals surface area contributed by atoms with Gasteiger partial charge in [-0.1, -0.05) is 0 Å². The molecule has 1 aliphatic rings. The van der Waals surface area contributed by atoms with Crippen LogP contribution in [0.5, 0.6) is 0 Å². The van der Waals surface area contributed by atoms with Crippen molar-refractivity contribution in [3.8, 4) is 0 Å². The highest BCUT2D eigenvalue weighted by molar-refractivity contribution is 5.79. The SMILES string of the molecule is COC(=O)C(O)CNC(=O)CC1(OC)CCC1. The van der Waals surface area contributed by atoms with Crippen LogP contribution < -0.4 is 5.32 Å². The predicted octanol–water partition coefficient (Wildman–Crippen LogP) is -0.404. The first-order valence-corrected chi connectivity index (χ1v) is 5.61. The summed E-state index contributed by atoms with van der Waals surface area (Å²) in [5.41, 5.74) is -0.347. The lowest BCUT2D eigenvalue weighted by Crippen LogP contribution is -2.45. The van der Waals surface area contributed by atoms with Gasteiger partial charge in [-0.05, 0) is 19.3 Å². The molecule has 6 heteroatoms. The first-order valence-electron chi connectivity index (χ1n) is 5.61. The highest BCUT2D eigenvalue weighted by Crippen LogP contribution is 2.37. The molecular weight excluding hydrogens is 226 g/mol. The summed E-state index contributed by atoms with van der Waals surface area (Å²) in [5, 5.41) is 11.8. The van der Waals surface area contributed by atoms with Crippen molar-refractivity contribution in [3.05, 3.63) is 0 Å². The number of methoxy groups -OCH3 is 2. The van der Waals surface area contributed by atoms with E-state index in [9.17, 15) is 14.7 Å². The molecule has 98 valence electrons. The third-order valence-corrected chi connectivity index (χ3v) is 3.15. The molecule has 2 N–H and O–H groups in total. The summed E-state index contributed by atoms with van der Waals surface area (Å²) in [4.78, 5) is 22.5. The number of carbonyl (C=O) groups is 2. The maximum Gasteiger partial charge on any atom is 0.336 e. The average molecular weight is 245 g/mol. The van der Waals surface area contributed by atoms with Crippen LogP contribution in [-0.2, 0) is 19.1 Å². The van der Waals surface area contributed by atoms with Crippen LogP contribution >= 0.6 is 0 Å². The lowest BCUT2D eigenvalue weighted by atomic mass is 9.77. The van der Waals surface area contributed by atoms with Gasteiger partial charge in [0.1, 0.15) is 0 Å². The van der Waals surface area contributed by atoms with Crippen LogP contribution in [0.4, 0.5) is 0 Å². The fraction of sp³-hybridized carbons (Fsp3) is 0.818. The Morgan fingerprint density at radius 2 is 2.06 bits per heavy atom. The Hall–Kier alpha value is -1.14. The van der Waals surface area contributed by atoms with Crippen LogP contribution in [0.3, 0.4) is 0 Å². The Morgan fingerprint density at radius 1 is 1.41 bits per heavy atom. The topological polar surface area (TPSA) is 84.9 Å². The molecule has 0 saturated heterocycles. The van der Waals surface area contributed by atoms with Crippen molar-refractivity contribution in [2.24, 2.45) is 0 Å². The van der Waals surface area contributed by atoms with Gasteiger partial charge in [0.15, 0.2) is 6.10 Å². The third kappa shape index (κ3) is 3.67. The van der Waals surface area contributed by atoms with E-state index in [4.69, 9.17) is 4.74 Å². The molecule has 1 saturated carbocycles. The molecule has 1 fully saturated rings. The Bertz CT molecular complexity index is 282. The molecule has 0 heterocycles. The van der Waals surface area contributed by atoms with Crippen LogP contribution in [0.25, 0.3) is 0 Å². The lowest BCUT2D eigenvalue weighted by molar-refractivity contribution is -0.150. The largest absolute Gasteiger partial charge is 0.467 e. The van der Waals surface area contributed by atoms with Crippen molar-refractivity contribution in [2.75, 3.05) is 20.8 Å². The number of nitrogens with one attached hydrogen (secondary N) is 1. The minimum absolute atomic E-state index is 0.134. The smallest absolute Gasteiger partial charge is 0.336 e. The molecule has 1 atom stereocenters. The molecule has 6 nitrogen and oxygen atoms in total. The van der Waals surface area contributed by atoms with E-state index in [0.29, 0.717) is 0 Å².